The van der Waals surface area contributed by atoms with Gasteiger partial charge in [-0.1, -0.05) is 13.8 Å². The first-order chi connectivity index (χ1) is 8.69. The van der Waals surface area contributed by atoms with Crippen LogP contribution in [0.25, 0.3) is 0 Å². The van der Waals surface area contributed by atoms with Crippen molar-refractivity contribution < 1.29 is 10.2 Å². The summed E-state index contributed by atoms with van der Waals surface area (Å²) >= 11 is 3.84. The van der Waals surface area contributed by atoms with Gasteiger partial charge in [-0.15, -0.1) is 0 Å². The molecule has 108 valence electrons. The molecular formula is C14H28O2S2. The topological polar surface area (TPSA) is 40.5 Å². The molecule has 1 saturated carbocycles. The first-order valence-electron chi connectivity index (χ1n) is 7.10. The van der Waals surface area contributed by atoms with E-state index in [1.807, 2.05) is 23.5 Å². The van der Waals surface area contributed by atoms with Crippen molar-refractivity contribution in [3.05, 3.63) is 0 Å². The van der Waals surface area contributed by atoms with Gasteiger partial charge in [-0.05, 0) is 42.8 Å². The minimum absolute atomic E-state index is 0.300. The van der Waals surface area contributed by atoms with Crippen LogP contribution in [0.4, 0.5) is 0 Å². The minimum Gasteiger partial charge on any atom is -0.396 e. The molecule has 4 heteroatoms. The van der Waals surface area contributed by atoms with Gasteiger partial charge >= 0.3 is 0 Å². The highest BCUT2D eigenvalue weighted by Crippen LogP contribution is 2.40. The molecule has 0 aromatic rings. The van der Waals surface area contributed by atoms with Gasteiger partial charge in [0.25, 0.3) is 0 Å². The van der Waals surface area contributed by atoms with E-state index in [9.17, 15) is 0 Å². The van der Waals surface area contributed by atoms with E-state index in [-0.39, 0.29) is 0 Å². The molecule has 0 amide bonds. The zero-order chi connectivity index (χ0) is 13.4. The molecule has 1 fully saturated rings. The van der Waals surface area contributed by atoms with Crippen molar-refractivity contribution in [3.63, 3.8) is 0 Å². The van der Waals surface area contributed by atoms with Crippen molar-refractivity contribution in [2.75, 3.05) is 30.5 Å². The van der Waals surface area contributed by atoms with Crippen molar-refractivity contribution in [2.24, 2.45) is 17.8 Å². The maximum absolute atomic E-state index is 8.95. The van der Waals surface area contributed by atoms with Gasteiger partial charge in [0.2, 0.25) is 0 Å². The Labute approximate surface area is 120 Å². The van der Waals surface area contributed by atoms with Crippen molar-refractivity contribution in [3.8, 4) is 0 Å². The average molecular weight is 293 g/mol. The third-order valence-corrected chi connectivity index (χ3v) is 6.74. The largest absolute Gasteiger partial charge is 0.396 e. The Balaban J connectivity index is 2.33. The molecule has 0 bridgehead atoms. The molecule has 0 heterocycles. The molecule has 0 spiro atoms. The molecule has 0 aromatic carbocycles. The summed E-state index contributed by atoms with van der Waals surface area (Å²) in [6.45, 7) is 5.32. The fourth-order valence-electron chi connectivity index (χ4n) is 2.73. The summed E-state index contributed by atoms with van der Waals surface area (Å²) in [5.74, 6) is 5.33. The fraction of sp³-hybridized carbons (Fsp3) is 1.00. The molecule has 1 aliphatic carbocycles. The van der Waals surface area contributed by atoms with Crippen LogP contribution in [0.5, 0.6) is 0 Å². The van der Waals surface area contributed by atoms with Crippen molar-refractivity contribution in [1.82, 2.24) is 0 Å². The van der Waals surface area contributed by atoms with E-state index in [0.717, 1.165) is 34.5 Å². The standard InChI is InChI=1S/C14H28O2S2/c1-11-3-4-13(9-14(11)18-8-6-16)12(2)10-17-7-5-15/h11-16H,3-10H2,1-2H3/t11-,12-,13-,14-/m1/s1. The molecule has 4 atom stereocenters. The summed E-state index contributed by atoms with van der Waals surface area (Å²) in [6, 6.07) is 0. The first kappa shape index (κ1) is 16.7. The van der Waals surface area contributed by atoms with Crippen LogP contribution in [0.2, 0.25) is 0 Å². The number of hydrogen-bond acceptors (Lipinski definition) is 4. The van der Waals surface area contributed by atoms with E-state index < -0.39 is 0 Å². The summed E-state index contributed by atoms with van der Waals surface area (Å²) < 4.78 is 0. The quantitative estimate of drug-likeness (QED) is 0.675. The molecule has 2 N–H and O–H groups in total. The van der Waals surface area contributed by atoms with Gasteiger partial charge < -0.3 is 10.2 Å². The van der Waals surface area contributed by atoms with Crippen LogP contribution >= 0.6 is 23.5 Å². The lowest BCUT2D eigenvalue weighted by Gasteiger charge is -2.36. The second kappa shape index (κ2) is 9.51. The molecular weight excluding hydrogens is 264 g/mol. The second-order valence-electron chi connectivity index (χ2n) is 5.46. The van der Waals surface area contributed by atoms with Gasteiger partial charge in [0, 0.05) is 16.8 Å². The van der Waals surface area contributed by atoms with Crippen LogP contribution in [0, 0.1) is 17.8 Å². The Bertz CT molecular complexity index is 214. The summed E-state index contributed by atoms with van der Waals surface area (Å²) in [7, 11) is 0. The van der Waals surface area contributed by atoms with E-state index in [1.54, 1.807) is 0 Å². The molecule has 2 nitrogen and oxygen atoms in total. The van der Waals surface area contributed by atoms with Gasteiger partial charge in [-0.3, -0.25) is 0 Å². The van der Waals surface area contributed by atoms with E-state index in [0.29, 0.717) is 13.2 Å². The zero-order valence-corrected chi connectivity index (χ0v) is 13.3. The summed E-state index contributed by atoms with van der Waals surface area (Å²) in [6.07, 6.45) is 4.01. The number of rotatable bonds is 8. The molecule has 1 rings (SSSR count). The first-order valence-corrected chi connectivity index (χ1v) is 9.30. The van der Waals surface area contributed by atoms with Crippen LogP contribution in [-0.2, 0) is 0 Å². The van der Waals surface area contributed by atoms with Gasteiger partial charge in [0.1, 0.15) is 0 Å². The Morgan fingerprint density at radius 2 is 1.89 bits per heavy atom. The van der Waals surface area contributed by atoms with Crippen molar-refractivity contribution in [1.29, 1.82) is 0 Å². The minimum atomic E-state index is 0.300. The smallest absolute Gasteiger partial charge is 0.0521 e. The maximum atomic E-state index is 8.95. The SMILES string of the molecule is C[C@H](CSCCO)[C@@H]1CC[C@@H](C)[C@H](SCCO)C1. The highest BCUT2D eigenvalue weighted by molar-refractivity contribution is 8.00. The van der Waals surface area contributed by atoms with Crippen LogP contribution in [-0.4, -0.2) is 45.9 Å². The predicted molar refractivity (Wildman–Crippen MR) is 83.4 cm³/mol. The highest BCUT2D eigenvalue weighted by Gasteiger charge is 2.30. The summed E-state index contributed by atoms with van der Waals surface area (Å²) in [5.41, 5.74) is 0. The van der Waals surface area contributed by atoms with E-state index >= 15 is 0 Å². The second-order valence-corrected chi connectivity index (χ2v) is 7.96. The van der Waals surface area contributed by atoms with Crippen molar-refractivity contribution in [2.45, 2.75) is 38.4 Å². The summed E-state index contributed by atoms with van der Waals surface area (Å²) in [5, 5.41) is 18.5. The summed E-state index contributed by atoms with van der Waals surface area (Å²) in [4.78, 5) is 0. The van der Waals surface area contributed by atoms with Gasteiger partial charge in [0.15, 0.2) is 0 Å². The fourth-order valence-corrected chi connectivity index (χ4v) is 4.93. The Morgan fingerprint density at radius 1 is 1.17 bits per heavy atom. The van der Waals surface area contributed by atoms with Crippen LogP contribution in [0.15, 0.2) is 0 Å². The normalized spacial score (nSPS) is 30.3. The van der Waals surface area contributed by atoms with Gasteiger partial charge in [0.05, 0.1) is 13.2 Å². The van der Waals surface area contributed by atoms with Gasteiger partial charge in [-0.25, -0.2) is 0 Å². The lowest BCUT2D eigenvalue weighted by Crippen LogP contribution is -2.30. The molecule has 0 radical (unpaired) electrons. The third-order valence-electron chi connectivity index (χ3n) is 4.01. The van der Waals surface area contributed by atoms with Crippen LogP contribution in [0.1, 0.15) is 33.1 Å². The van der Waals surface area contributed by atoms with Crippen LogP contribution < -0.4 is 0 Å². The highest BCUT2D eigenvalue weighted by atomic mass is 32.2. The molecule has 0 unspecified atom stereocenters. The number of aliphatic hydroxyl groups is 2. The lowest BCUT2D eigenvalue weighted by atomic mass is 9.77. The van der Waals surface area contributed by atoms with E-state index in [2.05, 4.69) is 13.8 Å². The van der Waals surface area contributed by atoms with E-state index in [4.69, 9.17) is 10.2 Å². The number of thioether (sulfide) groups is 2. The molecule has 0 saturated heterocycles. The van der Waals surface area contributed by atoms with Gasteiger partial charge in [-0.2, -0.15) is 23.5 Å². The lowest BCUT2D eigenvalue weighted by molar-refractivity contribution is 0.244. The maximum Gasteiger partial charge on any atom is 0.0521 e. The average Bonchev–Trinajstić information content (AvgIpc) is 2.38. The Kier molecular flexibility index (Phi) is 8.81. The molecule has 18 heavy (non-hydrogen) atoms. The Morgan fingerprint density at radius 3 is 2.56 bits per heavy atom. The van der Waals surface area contributed by atoms with Crippen LogP contribution in [0.3, 0.4) is 0 Å². The molecule has 1 aliphatic rings. The zero-order valence-electron chi connectivity index (χ0n) is 11.7. The Hall–Kier alpha value is 0.620. The molecule has 0 aromatic heterocycles. The number of aliphatic hydroxyl groups excluding tert-OH is 2. The van der Waals surface area contributed by atoms with Crippen molar-refractivity contribution >= 4 is 23.5 Å². The monoisotopic (exact) mass is 292 g/mol. The predicted octanol–water partition coefficient (Wildman–Crippen LogP) is 2.88. The molecule has 0 aliphatic heterocycles. The number of hydrogen-bond donors (Lipinski definition) is 2. The van der Waals surface area contributed by atoms with E-state index in [1.165, 1.54) is 25.0 Å². The third kappa shape index (κ3) is 5.72.